The quantitative estimate of drug-likeness (QED) is 0.673. The third kappa shape index (κ3) is 2.23. The highest BCUT2D eigenvalue weighted by Gasteiger charge is 2.43. The van der Waals surface area contributed by atoms with E-state index in [0.29, 0.717) is 5.69 Å². The summed E-state index contributed by atoms with van der Waals surface area (Å²) in [5.41, 5.74) is 2.38. The van der Waals surface area contributed by atoms with Crippen molar-refractivity contribution in [1.82, 2.24) is 0 Å². The highest BCUT2D eigenvalue weighted by Crippen LogP contribution is 2.44. The van der Waals surface area contributed by atoms with Crippen LogP contribution in [0.2, 0.25) is 0 Å². The van der Waals surface area contributed by atoms with Crippen molar-refractivity contribution in [2.24, 2.45) is 0 Å². The van der Waals surface area contributed by atoms with Gasteiger partial charge < -0.3 is 5.32 Å². The van der Waals surface area contributed by atoms with Crippen molar-refractivity contribution >= 4 is 23.0 Å². The van der Waals surface area contributed by atoms with E-state index in [9.17, 15) is 20.2 Å². The molecule has 0 bridgehead atoms. The number of nitriles is 1. The molecule has 0 radical (unpaired) electrons. The zero-order valence-corrected chi connectivity index (χ0v) is 12.9. The van der Waals surface area contributed by atoms with Crippen molar-refractivity contribution in [3.8, 4) is 6.07 Å². The van der Waals surface area contributed by atoms with Crippen molar-refractivity contribution in [1.29, 1.82) is 5.26 Å². The number of hydrogen-bond donors (Lipinski definition) is 1. The normalized spacial score (nSPS) is 20.8. The van der Waals surface area contributed by atoms with Crippen LogP contribution >= 0.6 is 0 Å². The van der Waals surface area contributed by atoms with E-state index < -0.39 is 10.8 Å². The first-order valence-corrected chi connectivity index (χ1v) is 7.65. The molecule has 0 saturated carbocycles. The average Bonchev–Trinajstić information content (AvgIpc) is 2.99. The lowest BCUT2D eigenvalue weighted by atomic mass is 9.94. The highest BCUT2D eigenvalue weighted by atomic mass is 16.6. The number of rotatable bonds is 2. The summed E-state index contributed by atoms with van der Waals surface area (Å²) in [6, 6.07) is 14.9. The molecule has 7 nitrogen and oxygen atoms in total. The molecule has 2 unspecified atom stereocenters. The first kappa shape index (κ1) is 14.9. The number of carbonyl (C=O) groups excluding carboxylic acids is 1. The van der Waals surface area contributed by atoms with Crippen LogP contribution in [-0.4, -0.2) is 16.9 Å². The molecule has 0 fully saturated rings. The van der Waals surface area contributed by atoms with Crippen LogP contribution in [0.4, 0.5) is 17.1 Å². The molecular weight excluding hydrogens is 320 g/mol. The molecule has 1 amide bonds. The molecule has 122 valence electrons. The van der Waals surface area contributed by atoms with Crippen molar-refractivity contribution in [2.75, 3.05) is 10.2 Å². The predicted molar refractivity (Wildman–Crippen MR) is 90.9 cm³/mol. The fourth-order valence-electron chi connectivity index (χ4n) is 3.38. The Morgan fingerprint density at radius 2 is 1.88 bits per heavy atom. The number of fused-ring (bicyclic) bond motifs is 3. The Balaban J connectivity index is 1.84. The van der Waals surface area contributed by atoms with Gasteiger partial charge in [-0.2, -0.15) is 5.26 Å². The molecule has 2 aromatic carbocycles. The van der Waals surface area contributed by atoms with Crippen molar-refractivity contribution in [3.63, 3.8) is 0 Å². The number of anilines is 2. The number of nitrogens with zero attached hydrogens (tertiary/aromatic N) is 3. The minimum absolute atomic E-state index is 0.0502. The maximum absolute atomic E-state index is 12.8. The summed E-state index contributed by atoms with van der Waals surface area (Å²) in [4.78, 5) is 24.7. The maximum Gasteiger partial charge on any atom is 0.269 e. The fraction of sp³-hybridized carbons (Fsp3) is 0.111. The van der Waals surface area contributed by atoms with Gasteiger partial charge in [-0.3, -0.25) is 19.8 Å². The van der Waals surface area contributed by atoms with Gasteiger partial charge in [-0.1, -0.05) is 18.2 Å². The van der Waals surface area contributed by atoms with Crippen LogP contribution in [0.3, 0.4) is 0 Å². The number of non-ortho nitro benzene ring substituents is 1. The number of carbonyl (C=O) groups is 1. The molecule has 0 spiro atoms. The van der Waals surface area contributed by atoms with Crippen molar-refractivity contribution in [2.45, 2.75) is 12.1 Å². The van der Waals surface area contributed by atoms with Gasteiger partial charge in [-0.05, 0) is 24.3 Å². The Kier molecular flexibility index (Phi) is 3.25. The largest absolute Gasteiger partial charge is 0.376 e. The molecule has 2 atom stereocenters. The number of nitrogens with one attached hydrogen (secondary N) is 1. The molecular formula is C18H12N4O3. The van der Waals surface area contributed by atoms with Gasteiger partial charge in [0.05, 0.1) is 17.0 Å². The van der Waals surface area contributed by atoms with Crippen LogP contribution in [0.1, 0.15) is 11.6 Å². The summed E-state index contributed by atoms with van der Waals surface area (Å²) in [6.45, 7) is 0. The SMILES string of the molecule is N#CC1=CC2Nc3ccccc3C2N(c2ccc([N+](=O)[O-])cc2)C1=O. The highest BCUT2D eigenvalue weighted by molar-refractivity contribution is 6.10. The van der Waals surface area contributed by atoms with Crippen molar-refractivity contribution < 1.29 is 9.72 Å². The molecule has 0 aromatic heterocycles. The van der Waals surface area contributed by atoms with Crippen LogP contribution in [-0.2, 0) is 4.79 Å². The molecule has 2 aliphatic heterocycles. The van der Waals surface area contributed by atoms with Gasteiger partial charge in [-0.15, -0.1) is 0 Å². The smallest absolute Gasteiger partial charge is 0.269 e. The lowest BCUT2D eigenvalue weighted by molar-refractivity contribution is -0.384. The van der Waals surface area contributed by atoms with Gasteiger partial charge in [0.2, 0.25) is 0 Å². The Bertz CT molecular complexity index is 959. The lowest BCUT2D eigenvalue weighted by Gasteiger charge is -2.35. The van der Waals surface area contributed by atoms with E-state index in [2.05, 4.69) is 5.32 Å². The number of amides is 1. The standard InChI is InChI=1S/C18H12N4O3/c19-10-11-9-16-17(14-3-1-2-4-15(14)20-16)21(18(11)23)12-5-7-13(8-6-12)22(24)25/h1-9,16-17,20H. The zero-order valence-electron chi connectivity index (χ0n) is 12.9. The topological polar surface area (TPSA) is 99.3 Å². The van der Waals surface area contributed by atoms with Crippen LogP contribution in [0.25, 0.3) is 0 Å². The van der Waals surface area contributed by atoms with Gasteiger partial charge in [0.25, 0.3) is 11.6 Å². The summed E-state index contributed by atoms with van der Waals surface area (Å²) < 4.78 is 0. The second-order valence-corrected chi connectivity index (χ2v) is 5.84. The first-order valence-electron chi connectivity index (χ1n) is 7.65. The van der Waals surface area contributed by atoms with Gasteiger partial charge in [-0.25, -0.2) is 0 Å². The van der Waals surface area contributed by atoms with Gasteiger partial charge in [0, 0.05) is 29.1 Å². The summed E-state index contributed by atoms with van der Waals surface area (Å²) in [5.74, 6) is -0.406. The first-order chi connectivity index (χ1) is 12.1. The number of benzene rings is 2. The average molecular weight is 332 g/mol. The lowest BCUT2D eigenvalue weighted by Crippen LogP contribution is -2.44. The van der Waals surface area contributed by atoms with E-state index in [0.717, 1.165) is 11.3 Å². The number of nitro groups is 1. The second-order valence-electron chi connectivity index (χ2n) is 5.84. The molecule has 2 aliphatic rings. The van der Waals surface area contributed by atoms with E-state index in [1.807, 2.05) is 30.3 Å². The zero-order chi connectivity index (χ0) is 17.6. The number of nitro benzene ring substituents is 1. The molecule has 25 heavy (non-hydrogen) atoms. The van der Waals surface area contributed by atoms with Gasteiger partial charge in [0.15, 0.2) is 0 Å². The summed E-state index contributed by atoms with van der Waals surface area (Å²) >= 11 is 0. The van der Waals surface area contributed by atoms with E-state index in [-0.39, 0.29) is 23.3 Å². The van der Waals surface area contributed by atoms with Gasteiger partial charge in [0.1, 0.15) is 11.6 Å². The Morgan fingerprint density at radius 1 is 1.16 bits per heavy atom. The van der Waals surface area contributed by atoms with Crippen molar-refractivity contribution in [3.05, 3.63) is 75.9 Å². The minimum atomic E-state index is -0.488. The van der Waals surface area contributed by atoms with Crippen LogP contribution < -0.4 is 10.2 Å². The molecule has 4 rings (SSSR count). The molecule has 7 heteroatoms. The summed E-state index contributed by atoms with van der Waals surface area (Å²) in [5, 5.41) is 23.5. The fourth-order valence-corrected chi connectivity index (χ4v) is 3.38. The molecule has 2 aromatic rings. The van der Waals surface area contributed by atoms with E-state index in [1.54, 1.807) is 6.08 Å². The maximum atomic E-state index is 12.8. The van der Waals surface area contributed by atoms with E-state index >= 15 is 0 Å². The minimum Gasteiger partial charge on any atom is -0.376 e. The molecule has 2 heterocycles. The third-order valence-electron chi connectivity index (χ3n) is 4.47. The second kappa shape index (κ2) is 5.46. The summed E-state index contributed by atoms with van der Waals surface area (Å²) in [7, 11) is 0. The third-order valence-corrected chi connectivity index (χ3v) is 4.47. The number of hydrogen-bond acceptors (Lipinski definition) is 5. The monoisotopic (exact) mass is 332 g/mol. The Hall–Kier alpha value is -3.66. The molecule has 0 saturated heterocycles. The molecule has 0 aliphatic carbocycles. The van der Waals surface area contributed by atoms with Crippen LogP contribution in [0.5, 0.6) is 0 Å². The summed E-state index contributed by atoms with van der Waals surface area (Å²) in [6.07, 6.45) is 1.65. The Morgan fingerprint density at radius 3 is 2.56 bits per heavy atom. The van der Waals surface area contributed by atoms with E-state index in [4.69, 9.17) is 0 Å². The Labute approximate surface area is 142 Å². The van der Waals surface area contributed by atoms with Crippen LogP contribution in [0.15, 0.2) is 60.2 Å². The van der Waals surface area contributed by atoms with Crippen LogP contribution in [0, 0.1) is 21.4 Å². The van der Waals surface area contributed by atoms with E-state index in [1.165, 1.54) is 29.2 Å². The van der Waals surface area contributed by atoms with Gasteiger partial charge >= 0.3 is 0 Å². The molecule has 1 N–H and O–H groups in total. The number of para-hydroxylation sites is 1. The predicted octanol–water partition coefficient (Wildman–Crippen LogP) is 2.93.